The third-order valence-corrected chi connectivity index (χ3v) is 2.61. The van der Waals surface area contributed by atoms with Crippen molar-refractivity contribution < 1.29 is 14.3 Å². The number of esters is 1. The lowest BCUT2D eigenvalue weighted by Gasteiger charge is -2.15. The van der Waals surface area contributed by atoms with Crippen molar-refractivity contribution in [3.05, 3.63) is 34.9 Å². The van der Waals surface area contributed by atoms with Gasteiger partial charge in [-0.2, -0.15) is 0 Å². The Bertz CT molecular complexity index is 403. The fourth-order valence-corrected chi connectivity index (χ4v) is 1.42. The monoisotopic (exact) mass is 255 g/mol. The summed E-state index contributed by atoms with van der Waals surface area (Å²) in [6.45, 7) is 0.454. The third kappa shape index (κ3) is 4.07. The zero-order valence-electron chi connectivity index (χ0n) is 9.77. The van der Waals surface area contributed by atoms with Gasteiger partial charge in [-0.15, -0.1) is 0 Å². The molecule has 5 heteroatoms. The second kappa shape index (κ2) is 6.25. The van der Waals surface area contributed by atoms with Crippen LogP contribution in [0.4, 0.5) is 0 Å². The molecule has 0 aliphatic rings. The number of hydrogen-bond donors (Lipinski definition) is 0. The van der Waals surface area contributed by atoms with Crippen molar-refractivity contribution >= 4 is 23.5 Å². The Hall–Kier alpha value is -1.55. The van der Waals surface area contributed by atoms with E-state index in [0.29, 0.717) is 18.0 Å². The molecule has 1 rings (SSSR count). The number of carbonyl (C=O) groups excluding carboxylic acids is 2. The molecule has 0 aliphatic heterocycles. The number of ether oxygens (including phenoxy) is 1. The second-order valence-corrected chi connectivity index (χ2v) is 4.03. The first-order valence-corrected chi connectivity index (χ1v) is 5.50. The van der Waals surface area contributed by atoms with Gasteiger partial charge in [-0.1, -0.05) is 23.7 Å². The van der Waals surface area contributed by atoms with Crippen LogP contribution in [0.1, 0.15) is 5.56 Å². The van der Waals surface area contributed by atoms with Gasteiger partial charge < -0.3 is 9.64 Å². The molecule has 0 heterocycles. The van der Waals surface area contributed by atoms with E-state index in [0.717, 1.165) is 5.56 Å². The van der Waals surface area contributed by atoms with Crippen LogP contribution >= 0.6 is 11.6 Å². The molecule has 0 unspecified atom stereocenters. The van der Waals surface area contributed by atoms with Crippen LogP contribution in [0.25, 0.3) is 0 Å². The summed E-state index contributed by atoms with van der Waals surface area (Å²) in [5.41, 5.74) is 1.05. The summed E-state index contributed by atoms with van der Waals surface area (Å²) in [5, 5.41) is 0.674. The molecule has 0 saturated carbocycles. The number of methoxy groups -OCH3 is 1. The second-order valence-electron chi connectivity index (χ2n) is 3.59. The first-order valence-electron chi connectivity index (χ1n) is 5.12. The molecule has 17 heavy (non-hydrogen) atoms. The molecule has 0 saturated heterocycles. The first-order chi connectivity index (χ1) is 8.04. The summed E-state index contributed by atoms with van der Waals surface area (Å²) in [4.78, 5) is 23.7. The number of amides is 1. The van der Waals surface area contributed by atoms with Crippen LogP contribution in [-0.2, 0) is 20.7 Å². The van der Waals surface area contributed by atoms with E-state index in [1.165, 1.54) is 12.0 Å². The molecule has 4 nitrogen and oxygen atoms in total. The SMILES string of the molecule is COC(=O)C(=O)N(C)CCc1ccc(Cl)cc1. The van der Waals surface area contributed by atoms with Gasteiger partial charge in [0.05, 0.1) is 7.11 Å². The van der Waals surface area contributed by atoms with Gasteiger partial charge in [0.2, 0.25) is 0 Å². The number of halogens is 1. The first kappa shape index (κ1) is 13.5. The van der Waals surface area contributed by atoms with Crippen molar-refractivity contribution in [3.8, 4) is 0 Å². The summed E-state index contributed by atoms with van der Waals surface area (Å²) in [6, 6.07) is 7.36. The van der Waals surface area contributed by atoms with Gasteiger partial charge in [0.15, 0.2) is 0 Å². The molecule has 0 atom stereocenters. The van der Waals surface area contributed by atoms with Crippen LogP contribution in [0.2, 0.25) is 5.02 Å². The van der Waals surface area contributed by atoms with E-state index < -0.39 is 11.9 Å². The van der Waals surface area contributed by atoms with Crippen molar-refractivity contribution in [2.75, 3.05) is 20.7 Å². The minimum absolute atomic E-state index is 0.454. The van der Waals surface area contributed by atoms with Gasteiger partial charge in [-0.3, -0.25) is 4.79 Å². The highest BCUT2D eigenvalue weighted by molar-refractivity contribution is 6.32. The summed E-state index contributed by atoms with van der Waals surface area (Å²) < 4.78 is 4.35. The lowest BCUT2D eigenvalue weighted by molar-refractivity contribution is -0.157. The maximum atomic E-state index is 11.4. The smallest absolute Gasteiger partial charge is 0.396 e. The molecule has 0 bridgehead atoms. The zero-order chi connectivity index (χ0) is 12.8. The molecule has 0 N–H and O–H groups in total. The Balaban J connectivity index is 2.48. The summed E-state index contributed by atoms with van der Waals surface area (Å²) in [6.07, 6.45) is 0.663. The third-order valence-electron chi connectivity index (χ3n) is 2.36. The van der Waals surface area contributed by atoms with E-state index in [-0.39, 0.29) is 0 Å². The van der Waals surface area contributed by atoms with Gasteiger partial charge in [-0.25, -0.2) is 4.79 Å². The normalized spacial score (nSPS) is 9.82. The highest BCUT2D eigenvalue weighted by Gasteiger charge is 2.18. The molecule has 0 aromatic heterocycles. The number of rotatable bonds is 3. The van der Waals surface area contributed by atoms with Crippen LogP contribution in [0.3, 0.4) is 0 Å². The Morgan fingerprint density at radius 2 is 1.88 bits per heavy atom. The van der Waals surface area contributed by atoms with E-state index in [4.69, 9.17) is 11.6 Å². The molecule has 0 spiro atoms. The van der Waals surface area contributed by atoms with Crippen molar-refractivity contribution in [1.29, 1.82) is 0 Å². The predicted octanol–water partition coefficient (Wildman–Crippen LogP) is 1.51. The van der Waals surface area contributed by atoms with Crippen molar-refractivity contribution in [2.45, 2.75) is 6.42 Å². The number of nitrogens with zero attached hydrogens (tertiary/aromatic N) is 1. The topological polar surface area (TPSA) is 46.6 Å². The Labute approximate surface area is 105 Å². The highest BCUT2D eigenvalue weighted by atomic mass is 35.5. The predicted molar refractivity (Wildman–Crippen MR) is 64.8 cm³/mol. The lowest BCUT2D eigenvalue weighted by Crippen LogP contribution is -2.35. The minimum atomic E-state index is -0.844. The van der Waals surface area contributed by atoms with Crippen molar-refractivity contribution in [3.63, 3.8) is 0 Å². The molecule has 1 aromatic carbocycles. The number of carbonyl (C=O) groups is 2. The Morgan fingerprint density at radius 3 is 2.41 bits per heavy atom. The molecule has 92 valence electrons. The van der Waals surface area contributed by atoms with E-state index in [1.54, 1.807) is 19.2 Å². The van der Waals surface area contributed by atoms with Gasteiger partial charge in [-0.05, 0) is 24.1 Å². The number of likely N-dealkylation sites (N-methyl/N-ethyl adjacent to an activating group) is 1. The van der Waals surface area contributed by atoms with Gasteiger partial charge in [0, 0.05) is 18.6 Å². The molecule has 1 amide bonds. The van der Waals surface area contributed by atoms with Crippen LogP contribution in [-0.4, -0.2) is 37.5 Å². The standard InChI is InChI=1S/C12H14ClNO3/c1-14(11(15)12(16)17-2)8-7-9-3-5-10(13)6-4-9/h3-6H,7-8H2,1-2H3. The minimum Gasteiger partial charge on any atom is -0.462 e. The van der Waals surface area contributed by atoms with Gasteiger partial charge >= 0.3 is 11.9 Å². The fraction of sp³-hybridized carbons (Fsp3) is 0.333. The number of benzene rings is 1. The molecular weight excluding hydrogens is 242 g/mol. The van der Waals surface area contributed by atoms with E-state index in [1.807, 2.05) is 12.1 Å². The van der Waals surface area contributed by atoms with E-state index >= 15 is 0 Å². The molecule has 1 aromatic rings. The summed E-state index contributed by atoms with van der Waals surface area (Å²) in [5.74, 6) is -1.48. The Kier molecular flexibility index (Phi) is 4.97. The van der Waals surface area contributed by atoms with Crippen LogP contribution in [0, 0.1) is 0 Å². The maximum absolute atomic E-state index is 11.4. The Morgan fingerprint density at radius 1 is 1.29 bits per heavy atom. The maximum Gasteiger partial charge on any atom is 0.396 e. The average Bonchev–Trinajstić information content (AvgIpc) is 2.35. The zero-order valence-corrected chi connectivity index (χ0v) is 10.5. The molecule has 0 fully saturated rings. The van der Waals surface area contributed by atoms with Crippen LogP contribution in [0.5, 0.6) is 0 Å². The fourth-order valence-electron chi connectivity index (χ4n) is 1.29. The molecule has 0 aliphatic carbocycles. The van der Waals surface area contributed by atoms with Gasteiger partial charge in [0.25, 0.3) is 0 Å². The van der Waals surface area contributed by atoms with Crippen molar-refractivity contribution in [2.24, 2.45) is 0 Å². The van der Waals surface area contributed by atoms with Crippen LogP contribution < -0.4 is 0 Å². The molecular formula is C12H14ClNO3. The van der Waals surface area contributed by atoms with E-state index in [9.17, 15) is 9.59 Å². The largest absolute Gasteiger partial charge is 0.462 e. The lowest BCUT2D eigenvalue weighted by atomic mass is 10.1. The van der Waals surface area contributed by atoms with E-state index in [2.05, 4.69) is 4.74 Å². The molecule has 0 radical (unpaired) electrons. The summed E-state index contributed by atoms with van der Waals surface area (Å²) >= 11 is 5.76. The quantitative estimate of drug-likeness (QED) is 0.608. The summed E-state index contributed by atoms with van der Waals surface area (Å²) in [7, 11) is 2.75. The highest BCUT2D eigenvalue weighted by Crippen LogP contribution is 2.10. The number of hydrogen-bond acceptors (Lipinski definition) is 3. The average molecular weight is 256 g/mol. The van der Waals surface area contributed by atoms with Crippen molar-refractivity contribution in [1.82, 2.24) is 4.90 Å². The van der Waals surface area contributed by atoms with Crippen LogP contribution in [0.15, 0.2) is 24.3 Å². The van der Waals surface area contributed by atoms with Gasteiger partial charge in [0.1, 0.15) is 0 Å².